The van der Waals surface area contributed by atoms with Crippen LogP contribution in [0.15, 0.2) is 0 Å². The van der Waals surface area contributed by atoms with Crippen LogP contribution in [-0.2, 0) is 9.47 Å². The molecule has 7 heteroatoms. The molecule has 1 aliphatic heterocycles. The van der Waals surface area contributed by atoms with Crippen molar-refractivity contribution in [3.05, 3.63) is 0 Å². The second kappa shape index (κ2) is 7.28. The molecule has 0 aromatic heterocycles. The van der Waals surface area contributed by atoms with Crippen LogP contribution in [0.2, 0.25) is 0 Å². The van der Waals surface area contributed by atoms with Gasteiger partial charge in [-0.15, -0.1) is 0 Å². The first-order valence-electron chi connectivity index (χ1n) is 6.02. The fraction of sp³-hybridized carbons (Fsp3) is 1.00. The molecule has 4 nitrogen and oxygen atoms in total. The average molecular weight is 270 g/mol. The van der Waals surface area contributed by atoms with Gasteiger partial charge in [0, 0.05) is 26.8 Å². The number of likely N-dealkylation sites (tertiary alicyclic amines) is 1. The highest BCUT2D eigenvalue weighted by Gasteiger charge is 2.32. The Bertz CT molecular complexity index is 227. The monoisotopic (exact) mass is 270 g/mol. The van der Waals surface area contributed by atoms with Crippen molar-refractivity contribution in [3.63, 3.8) is 0 Å². The first-order chi connectivity index (χ1) is 8.44. The summed E-state index contributed by atoms with van der Waals surface area (Å²) in [4.78, 5) is 1.45. The molecule has 1 saturated heterocycles. The molecule has 18 heavy (non-hydrogen) atoms. The van der Waals surface area contributed by atoms with Crippen LogP contribution in [0.25, 0.3) is 0 Å². The zero-order valence-corrected chi connectivity index (χ0v) is 10.8. The zero-order valence-electron chi connectivity index (χ0n) is 10.8. The molecule has 0 amide bonds. The van der Waals surface area contributed by atoms with E-state index in [4.69, 9.17) is 9.47 Å². The van der Waals surface area contributed by atoms with Crippen molar-refractivity contribution < 1.29 is 22.6 Å². The van der Waals surface area contributed by atoms with Gasteiger partial charge < -0.3 is 14.8 Å². The molecule has 0 atom stereocenters. The summed E-state index contributed by atoms with van der Waals surface area (Å²) in [5, 5.41) is 3.25. The largest absolute Gasteiger partial charge is 0.401 e. The Kier molecular flexibility index (Phi) is 6.34. The standard InChI is InChI=1S/C11H21F3N2O2/c1-17-10(18-2)7-15-9-3-5-16(6-4-9)8-11(12,13)14/h9-10,15H,3-8H2,1-2H3. The van der Waals surface area contributed by atoms with Crippen LogP contribution in [0.5, 0.6) is 0 Å². The summed E-state index contributed by atoms with van der Waals surface area (Å²) in [6, 6.07) is 0.238. The highest BCUT2D eigenvalue weighted by molar-refractivity contribution is 4.78. The van der Waals surface area contributed by atoms with Gasteiger partial charge in [-0.2, -0.15) is 13.2 Å². The molecule has 1 N–H and O–H groups in total. The number of methoxy groups -OCH3 is 2. The van der Waals surface area contributed by atoms with Crippen molar-refractivity contribution in [2.24, 2.45) is 0 Å². The zero-order chi connectivity index (χ0) is 13.6. The van der Waals surface area contributed by atoms with Gasteiger partial charge in [0.05, 0.1) is 6.54 Å². The van der Waals surface area contributed by atoms with Gasteiger partial charge >= 0.3 is 6.18 Å². The van der Waals surface area contributed by atoms with Gasteiger partial charge in [-0.3, -0.25) is 4.90 Å². The predicted octanol–water partition coefficient (Wildman–Crippen LogP) is 1.22. The van der Waals surface area contributed by atoms with Crippen molar-refractivity contribution in [1.82, 2.24) is 10.2 Å². The summed E-state index contributed by atoms with van der Waals surface area (Å²) in [6.45, 7) is 0.693. The molecule has 0 bridgehead atoms. The summed E-state index contributed by atoms with van der Waals surface area (Å²) in [5.74, 6) is 0. The SMILES string of the molecule is COC(CNC1CCN(CC(F)(F)F)CC1)OC. The van der Waals surface area contributed by atoms with Crippen molar-refractivity contribution in [3.8, 4) is 0 Å². The van der Waals surface area contributed by atoms with E-state index in [9.17, 15) is 13.2 Å². The summed E-state index contributed by atoms with van der Waals surface area (Å²) in [7, 11) is 3.11. The topological polar surface area (TPSA) is 33.7 Å². The lowest BCUT2D eigenvalue weighted by atomic mass is 10.1. The molecule has 0 radical (unpaired) electrons. The number of rotatable bonds is 6. The van der Waals surface area contributed by atoms with Crippen LogP contribution in [-0.4, -0.2) is 63.8 Å². The minimum Gasteiger partial charge on any atom is -0.355 e. The Morgan fingerprint density at radius 2 is 1.78 bits per heavy atom. The lowest BCUT2D eigenvalue weighted by Gasteiger charge is -2.33. The molecular formula is C11H21F3N2O2. The lowest BCUT2D eigenvalue weighted by molar-refractivity contribution is -0.148. The van der Waals surface area contributed by atoms with Crippen LogP contribution in [0.3, 0.4) is 0 Å². The molecular weight excluding hydrogens is 249 g/mol. The Balaban J connectivity index is 2.19. The average Bonchev–Trinajstić information content (AvgIpc) is 2.30. The molecule has 0 saturated carbocycles. The van der Waals surface area contributed by atoms with Crippen LogP contribution in [0, 0.1) is 0 Å². The van der Waals surface area contributed by atoms with Gasteiger partial charge in [0.1, 0.15) is 0 Å². The molecule has 1 heterocycles. The number of nitrogens with one attached hydrogen (secondary N) is 1. The summed E-state index contributed by atoms with van der Waals surface area (Å²) in [5.41, 5.74) is 0. The van der Waals surface area contributed by atoms with Crippen LogP contribution in [0.4, 0.5) is 13.2 Å². The second-order valence-corrected chi connectivity index (χ2v) is 4.47. The Labute approximate surface area is 105 Å². The van der Waals surface area contributed by atoms with E-state index in [1.165, 1.54) is 4.90 Å². The highest BCUT2D eigenvalue weighted by Crippen LogP contribution is 2.19. The fourth-order valence-electron chi connectivity index (χ4n) is 2.07. The maximum Gasteiger partial charge on any atom is 0.401 e. The maximum absolute atomic E-state index is 12.2. The molecule has 0 aliphatic carbocycles. The van der Waals surface area contributed by atoms with Crippen LogP contribution >= 0.6 is 0 Å². The van der Waals surface area contributed by atoms with E-state index < -0.39 is 12.7 Å². The van der Waals surface area contributed by atoms with Crippen molar-refractivity contribution in [2.45, 2.75) is 31.3 Å². The van der Waals surface area contributed by atoms with Gasteiger partial charge in [0.2, 0.25) is 0 Å². The second-order valence-electron chi connectivity index (χ2n) is 4.47. The third-order valence-electron chi connectivity index (χ3n) is 3.09. The third kappa shape index (κ3) is 5.99. The molecule has 0 aromatic carbocycles. The molecule has 1 aliphatic rings. The minimum atomic E-state index is -4.10. The highest BCUT2D eigenvalue weighted by atomic mass is 19.4. The molecule has 108 valence electrons. The molecule has 0 unspecified atom stereocenters. The number of hydrogen-bond donors (Lipinski definition) is 1. The van der Waals surface area contributed by atoms with E-state index in [0.717, 1.165) is 12.8 Å². The van der Waals surface area contributed by atoms with E-state index in [1.54, 1.807) is 14.2 Å². The van der Waals surface area contributed by atoms with E-state index in [1.807, 2.05) is 0 Å². The van der Waals surface area contributed by atoms with E-state index in [-0.39, 0.29) is 12.3 Å². The van der Waals surface area contributed by atoms with E-state index in [2.05, 4.69) is 5.32 Å². The smallest absolute Gasteiger partial charge is 0.355 e. The Morgan fingerprint density at radius 3 is 2.22 bits per heavy atom. The van der Waals surface area contributed by atoms with Gasteiger partial charge in [-0.25, -0.2) is 0 Å². The van der Waals surface area contributed by atoms with Gasteiger partial charge in [0.25, 0.3) is 0 Å². The van der Waals surface area contributed by atoms with Gasteiger partial charge in [0.15, 0.2) is 6.29 Å². The van der Waals surface area contributed by atoms with E-state index >= 15 is 0 Å². The first-order valence-corrected chi connectivity index (χ1v) is 6.02. The first kappa shape index (κ1) is 15.7. The summed E-state index contributed by atoms with van der Waals surface area (Å²) >= 11 is 0. The van der Waals surface area contributed by atoms with Gasteiger partial charge in [-0.1, -0.05) is 0 Å². The molecule has 1 fully saturated rings. The number of hydrogen-bond acceptors (Lipinski definition) is 4. The van der Waals surface area contributed by atoms with Crippen molar-refractivity contribution in [2.75, 3.05) is 40.4 Å². The maximum atomic E-state index is 12.2. The predicted molar refractivity (Wildman–Crippen MR) is 61.3 cm³/mol. The van der Waals surface area contributed by atoms with Crippen molar-refractivity contribution >= 4 is 0 Å². The summed E-state index contributed by atoms with van der Waals surface area (Å²) in [6.07, 6.45) is -2.97. The van der Waals surface area contributed by atoms with Crippen LogP contribution < -0.4 is 5.32 Å². The lowest BCUT2D eigenvalue weighted by Crippen LogP contribution is -2.47. The Hall–Kier alpha value is -0.370. The van der Waals surface area contributed by atoms with E-state index in [0.29, 0.717) is 19.6 Å². The number of halogens is 3. The van der Waals surface area contributed by atoms with Crippen LogP contribution in [0.1, 0.15) is 12.8 Å². The fourth-order valence-corrected chi connectivity index (χ4v) is 2.07. The number of ether oxygens (including phenoxy) is 2. The Morgan fingerprint density at radius 1 is 1.22 bits per heavy atom. The van der Waals surface area contributed by atoms with Gasteiger partial charge in [-0.05, 0) is 25.9 Å². The third-order valence-corrected chi connectivity index (χ3v) is 3.09. The number of alkyl halides is 3. The minimum absolute atomic E-state index is 0.238. The summed E-state index contributed by atoms with van der Waals surface area (Å²) < 4.78 is 46.6. The number of piperidine rings is 1. The quantitative estimate of drug-likeness (QED) is 0.736. The molecule has 0 aromatic rings. The number of nitrogens with zero attached hydrogens (tertiary/aromatic N) is 1. The molecule has 0 spiro atoms. The van der Waals surface area contributed by atoms with Crippen molar-refractivity contribution in [1.29, 1.82) is 0 Å². The molecule has 1 rings (SSSR count). The normalized spacial score (nSPS) is 19.7.